The van der Waals surface area contributed by atoms with Crippen molar-refractivity contribution in [3.05, 3.63) is 23.8 Å². The van der Waals surface area contributed by atoms with E-state index in [1.54, 1.807) is 0 Å². The molecular weight excluding hydrogens is 200 g/mol. The van der Waals surface area contributed by atoms with Crippen LogP contribution in [0.1, 0.15) is 25.8 Å². The molecule has 86 valence electrons. The summed E-state index contributed by atoms with van der Waals surface area (Å²) in [5.74, 6) is 0.257. The van der Waals surface area contributed by atoms with Crippen LogP contribution in [0.25, 0.3) is 0 Å². The summed E-state index contributed by atoms with van der Waals surface area (Å²) in [6.07, 6.45) is 0.972. The summed E-state index contributed by atoms with van der Waals surface area (Å²) < 4.78 is 0. The van der Waals surface area contributed by atoms with Crippen molar-refractivity contribution >= 4 is 17.3 Å². The number of anilines is 2. The molecule has 1 unspecified atom stereocenters. The molecule has 2 rings (SSSR count). The summed E-state index contributed by atoms with van der Waals surface area (Å²) >= 11 is 0. The first-order valence-corrected chi connectivity index (χ1v) is 5.58. The van der Waals surface area contributed by atoms with E-state index in [1.165, 1.54) is 0 Å². The molecule has 1 aliphatic rings. The zero-order valence-corrected chi connectivity index (χ0v) is 10.0. The smallest absolute Gasteiger partial charge is 0.228 e. The van der Waals surface area contributed by atoms with Crippen LogP contribution in [0.3, 0.4) is 0 Å². The van der Waals surface area contributed by atoms with E-state index in [2.05, 4.69) is 19.2 Å². The van der Waals surface area contributed by atoms with Crippen molar-refractivity contribution in [3.63, 3.8) is 0 Å². The average Bonchev–Trinajstić information content (AvgIpc) is 2.83. The Balaban J connectivity index is 2.10. The summed E-state index contributed by atoms with van der Waals surface area (Å²) in [5.41, 5.74) is 8.44. The molecule has 0 bridgehead atoms. The van der Waals surface area contributed by atoms with Crippen LogP contribution < -0.4 is 11.1 Å². The lowest BCUT2D eigenvalue weighted by Gasteiger charge is -2.10. The predicted octanol–water partition coefficient (Wildman–Crippen LogP) is 2.56. The molecule has 1 aromatic carbocycles. The van der Waals surface area contributed by atoms with Gasteiger partial charge in [0.15, 0.2) is 0 Å². The fourth-order valence-corrected chi connectivity index (χ4v) is 1.92. The van der Waals surface area contributed by atoms with Gasteiger partial charge in [-0.15, -0.1) is 0 Å². The molecule has 1 atom stereocenters. The maximum atomic E-state index is 11.9. The number of rotatable bonds is 2. The van der Waals surface area contributed by atoms with Gasteiger partial charge in [-0.05, 0) is 36.5 Å². The van der Waals surface area contributed by atoms with Gasteiger partial charge in [0, 0.05) is 17.3 Å². The van der Waals surface area contributed by atoms with E-state index >= 15 is 0 Å². The number of nitrogens with two attached hydrogens (primary N) is 1. The second-order valence-electron chi connectivity index (χ2n) is 5.25. The number of nitrogen functional groups attached to an aromatic ring is 1. The molecule has 1 aromatic rings. The van der Waals surface area contributed by atoms with Gasteiger partial charge in [-0.1, -0.05) is 19.9 Å². The summed E-state index contributed by atoms with van der Waals surface area (Å²) in [6.45, 7) is 6.15. The zero-order chi connectivity index (χ0) is 11.9. The second-order valence-corrected chi connectivity index (χ2v) is 5.25. The van der Waals surface area contributed by atoms with Crippen molar-refractivity contribution in [3.8, 4) is 0 Å². The van der Waals surface area contributed by atoms with Crippen LogP contribution in [0.2, 0.25) is 0 Å². The highest BCUT2D eigenvalue weighted by Crippen LogP contribution is 2.52. The van der Waals surface area contributed by atoms with E-state index in [9.17, 15) is 4.79 Å². The Labute approximate surface area is 96.0 Å². The van der Waals surface area contributed by atoms with Crippen LogP contribution in [0.15, 0.2) is 18.2 Å². The minimum Gasteiger partial charge on any atom is -0.398 e. The van der Waals surface area contributed by atoms with Gasteiger partial charge in [0.05, 0.1) is 0 Å². The zero-order valence-electron chi connectivity index (χ0n) is 10.0. The Morgan fingerprint density at radius 1 is 1.50 bits per heavy atom. The molecule has 3 heteroatoms. The van der Waals surface area contributed by atoms with Gasteiger partial charge in [0.25, 0.3) is 0 Å². The largest absolute Gasteiger partial charge is 0.398 e. The molecule has 0 aromatic heterocycles. The molecular formula is C13H18N2O. The standard InChI is InChI=1S/C13H18N2O/c1-8-10(14)5-4-6-11(8)15-12(16)9-7-13(9,2)3/h4-6,9H,7,14H2,1-3H3,(H,15,16). The molecule has 0 heterocycles. The van der Waals surface area contributed by atoms with Crippen LogP contribution in [0, 0.1) is 18.3 Å². The number of hydrogen-bond donors (Lipinski definition) is 2. The number of amides is 1. The molecule has 1 aliphatic carbocycles. The lowest BCUT2D eigenvalue weighted by Crippen LogP contribution is -2.17. The second kappa shape index (κ2) is 3.51. The third-order valence-corrected chi connectivity index (χ3v) is 3.46. The van der Waals surface area contributed by atoms with Gasteiger partial charge in [-0.25, -0.2) is 0 Å². The Hall–Kier alpha value is -1.51. The Bertz CT molecular complexity index is 438. The number of carbonyl (C=O) groups excluding carboxylic acids is 1. The third-order valence-electron chi connectivity index (χ3n) is 3.46. The van der Waals surface area contributed by atoms with Crippen molar-refractivity contribution in [1.82, 2.24) is 0 Å². The molecule has 3 nitrogen and oxygen atoms in total. The minimum atomic E-state index is 0.110. The highest BCUT2D eigenvalue weighted by Gasteiger charge is 2.50. The van der Waals surface area contributed by atoms with Gasteiger partial charge in [0.1, 0.15) is 0 Å². The van der Waals surface area contributed by atoms with Gasteiger partial charge in [-0.3, -0.25) is 4.79 Å². The van der Waals surface area contributed by atoms with Crippen molar-refractivity contribution in [2.75, 3.05) is 11.1 Å². The summed E-state index contributed by atoms with van der Waals surface area (Å²) in [4.78, 5) is 11.9. The van der Waals surface area contributed by atoms with E-state index < -0.39 is 0 Å². The van der Waals surface area contributed by atoms with E-state index in [0.717, 1.165) is 17.7 Å². The molecule has 1 amide bonds. The van der Waals surface area contributed by atoms with Crippen molar-refractivity contribution in [2.24, 2.45) is 11.3 Å². The highest BCUT2D eigenvalue weighted by molar-refractivity contribution is 5.96. The van der Waals surface area contributed by atoms with Gasteiger partial charge in [0.2, 0.25) is 5.91 Å². The number of benzene rings is 1. The lowest BCUT2D eigenvalue weighted by molar-refractivity contribution is -0.118. The van der Waals surface area contributed by atoms with E-state index in [-0.39, 0.29) is 17.2 Å². The van der Waals surface area contributed by atoms with Gasteiger partial charge < -0.3 is 11.1 Å². The van der Waals surface area contributed by atoms with Crippen LogP contribution in [-0.2, 0) is 4.79 Å². The molecule has 0 spiro atoms. The maximum absolute atomic E-state index is 11.9. The normalized spacial score (nSPS) is 21.6. The number of hydrogen-bond acceptors (Lipinski definition) is 2. The molecule has 1 fully saturated rings. The van der Waals surface area contributed by atoms with Crippen molar-refractivity contribution in [1.29, 1.82) is 0 Å². The molecule has 16 heavy (non-hydrogen) atoms. The average molecular weight is 218 g/mol. The van der Waals surface area contributed by atoms with E-state index in [4.69, 9.17) is 5.73 Å². The van der Waals surface area contributed by atoms with Crippen LogP contribution >= 0.6 is 0 Å². The lowest BCUT2D eigenvalue weighted by atomic mass is 10.1. The Morgan fingerprint density at radius 2 is 2.12 bits per heavy atom. The van der Waals surface area contributed by atoms with Crippen LogP contribution in [0.5, 0.6) is 0 Å². The summed E-state index contributed by atoms with van der Waals surface area (Å²) in [5, 5.41) is 2.95. The molecule has 1 saturated carbocycles. The molecule has 0 aliphatic heterocycles. The fourth-order valence-electron chi connectivity index (χ4n) is 1.92. The van der Waals surface area contributed by atoms with Crippen molar-refractivity contribution < 1.29 is 4.79 Å². The quantitative estimate of drug-likeness (QED) is 0.749. The van der Waals surface area contributed by atoms with Crippen LogP contribution in [0.4, 0.5) is 11.4 Å². The maximum Gasteiger partial charge on any atom is 0.228 e. The molecule has 0 radical (unpaired) electrons. The first-order valence-electron chi connectivity index (χ1n) is 5.58. The fraction of sp³-hybridized carbons (Fsp3) is 0.462. The topological polar surface area (TPSA) is 55.1 Å². The van der Waals surface area contributed by atoms with Gasteiger partial charge >= 0.3 is 0 Å². The molecule has 3 N–H and O–H groups in total. The first-order chi connectivity index (χ1) is 7.42. The Kier molecular flexibility index (Phi) is 2.41. The highest BCUT2D eigenvalue weighted by atomic mass is 16.2. The Morgan fingerprint density at radius 3 is 2.69 bits per heavy atom. The summed E-state index contributed by atoms with van der Waals surface area (Å²) in [6, 6.07) is 5.58. The molecule has 0 saturated heterocycles. The monoisotopic (exact) mass is 218 g/mol. The number of nitrogens with one attached hydrogen (secondary N) is 1. The first kappa shape index (κ1) is 11.0. The third kappa shape index (κ3) is 1.90. The van der Waals surface area contributed by atoms with Gasteiger partial charge in [-0.2, -0.15) is 0 Å². The summed E-state index contributed by atoms with van der Waals surface area (Å²) in [7, 11) is 0. The number of carbonyl (C=O) groups is 1. The van der Waals surface area contributed by atoms with Crippen molar-refractivity contribution in [2.45, 2.75) is 27.2 Å². The van der Waals surface area contributed by atoms with E-state index in [1.807, 2.05) is 25.1 Å². The van der Waals surface area contributed by atoms with Crippen LogP contribution in [-0.4, -0.2) is 5.91 Å². The minimum absolute atomic E-state index is 0.110. The SMILES string of the molecule is Cc1c(N)cccc1NC(=O)C1CC1(C)C. The van der Waals surface area contributed by atoms with E-state index in [0.29, 0.717) is 5.69 Å². The predicted molar refractivity (Wildman–Crippen MR) is 66.1 cm³/mol.